The number of carbonyl (C=O) groups is 2. The lowest BCUT2D eigenvalue weighted by atomic mass is 10.1. The van der Waals surface area contributed by atoms with Crippen molar-refractivity contribution in [3.63, 3.8) is 0 Å². The zero-order valence-corrected chi connectivity index (χ0v) is 19.9. The minimum atomic E-state index is -0.581. The van der Waals surface area contributed by atoms with Crippen molar-refractivity contribution in [3.05, 3.63) is 69.7 Å². The van der Waals surface area contributed by atoms with Crippen LogP contribution in [0, 0.1) is 5.92 Å². The van der Waals surface area contributed by atoms with Gasteiger partial charge in [-0.3, -0.25) is 9.59 Å². The van der Waals surface area contributed by atoms with Crippen molar-refractivity contribution < 1.29 is 9.59 Å². The van der Waals surface area contributed by atoms with Crippen LogP contribution in [0.1, 0.15) is 31.9 Å². The topological polar surface area (TPSA) is 49.4 Å². The van der Waals surface area contributed by atoms with Crippen LogP contribution < -0.4 is 5.32 Å². The summed E-state index contributed by atoms with van der Waals surface area (Å²) in [5.74, 6) is 1.04. The van der Waals surface area contributed by atoms with Gasteiger partial charge in [-0.1, -0.05) is 61.3 Å². The molecule has 0 radical (unpaired) electrons. The lowest BCUT2D eigenvalue weighted by Gasteiger charge is -2.29. The average Bonchev–Trinajstić information content (AvgIpc) is 2.69. The van der Waals surface area contributed by atoms with Crippen molar-refractivity contribution in [3.8, 4) is 0 Å². The van der Waals surface area contributed by atoms with Crippen LogP contribution in [-0.2, 0) is 21.9 Å². The van der Waals surface area contributed by atoms with Crippen molar-refractivity contribution in [1.82, 2.24) is 10.2 Å². The fraction of sp³-hybridized carbons (Fsp3) is 0.391. The quantitative estimate of drug-likeness (QED) is 0.508. The standard InChI is InChI=1S/C23H28Cl2N2O2S/c1-16(2)12-26-23(29)17(3)27(13-18-6-4-8-20(24)10-18)22(28)15-30-14-19-7-5-9-21(25)11-19/h4-11,16-17H,12-15H2,1-3H3,(H,26,29)/t17-/m1/s1. The average molecular weight is 467 g/mol. The van der Waals surface area contributed by atoms with E-state index < -0.39 is 6.04 Å². The number of carbonyl (C=O) groups excluding carboxylic acids is 2. The first-order chi connectivity index (χ1) is 14.3. The monoisotopic (exact) mass is 466 g/mol. The maximum atomic E-state index is 13.0. The van der Waals surface area contributed by atoms with E-state index in [9.17, 15) is 9.59 Å². The Bertz CT molecular complexity index is 861. The van der Waals surface area contributed by atoms with Crippen LogP contribution in [0.3, 0.4) is 0 Å². The number of nitrogens with zero attached hydrogens (tertiary/aromatic N) is 1. The number of halogens is 2. The molecule has 2 rings (SSSR count). The molecule has 0 aliphatic heterocycles. The molecular weight excluding hydrogens is 439 g/mol. The summed E-state index contributed by atoms with van der Waals surface area (Å²) in [6, 6.07) is 14.4. The molecule has 2 aromatic carbocycles. The number of hydrogen-bond donors (Lipinski definition) is 1. The lowest BCUT2D eigenvalue weighted by Crippen LogP contribution is -2.48. The third-order valence-electron chi connectivity index (χ3n) is 4.48. The molecule has 30 heavy (non-hydrogen) atoms. The van der Waals surface area contributed by atoms with Crippen LogP contribution in [0.5, 0.6) is 0 Å². The van der Waals surface area contributed by atoms with Crippen LogP contribution in [0.4, 0.5) is 0 Å². The van der Waals surface area contributed by atoms with E-state index in [4.69, 9.17) is 23.2 Å². The van der Waals surface area contributed by atoms with Crippen molar-refractivity contribution >= 4 is 46.8 Å². The molecule has 162 valence electrons. The Morgan fingerprint density at radius 2 is 1.60 bits per heavy atom. The van der Waals surface area contributed by atoms with Gasteiger partial charge < -0.3 is 10.2 Å². The molecule has 0 heterocycles. The van der Waals surface area contributed by atoms with E-state index in [0.29, 0.717) is 34.8 Å². The maximum Gasteiger partial charge on any atom is 0.242 e. The highest BCUT2D eigenvalue weighted by atomic mass is 35.5. The molecule has 0 saturated carbocycles. The molecule has 0 fully saturated rings. The van der Waals surface area contributed by atoms with E-state index in [-0.39, 0.29) is 17.6 Å². The van der Waals surface area contributed by atoms with Crippen LogP contribution >= 0.6 is 35.0 Å². The molecular formula is C23H28Cl2N2O2S. The summed E-state index contributed by atoms with van der Waals surface area (Å²) in [5.41, 5.74) is 1.95. The molecule has 2 amide bonds. The van der Waals surface area contributed by atoms with Crippen LogP contribution in [0.15, 0.2) is 48.5 Å². The Morgan fingerprint density at radius 1 is 1.00 bits per heavy atom. The van der Waals surface area contributed by atoms with Gasteiger partial charge in [0.15, 0.2) is 0 Å². The normalized spacial score (nSPS) is 11.9. The summed E-state index contributed by atoms with van der Waals surface area (Å²) in [5, 5.41) is 4.20. The van der Waals surface area contributed by atoms with Crippen LogP contribution in [0.25, 0.3) is 0 Å². The third-order valence-corrected chi connectivity index (χ3v) is 5.94. The van der Waals surface area contributed by atoms with Gasteiger partial charge in [-0.25, -0.2) is 0 Å². The largest absolute Gasteiger partial charge is 0.354 e. The van der Waals surface area contributed by atoms with Gasteiger partial charge in [0, 0.05) is 28.9 Å². The zero-order valence-electron chi connectivity index (χ0n) is 17.5. The fourth-order valence-electron chi connectivity index (χ4n) is 2.83. The maximum absolute atomic E-state index is 13.0. The summed E-state index contributed by atoms with van der Waals surface area (Å²) >= 11 is 13.6. The van der Waals surface area contributed by atoms with Crippen molar-refractivity contribution in [2.45, 2.75) is 39.1 Å². The summed E-state index contributed by atoms with van der Waals surface area (Å²) < 4.78 is 0. The Balaban J connectivity index is 2.06. The fourth-order valence-corrected chi connectivity index (χ4v) is 4.12. The van der Waals surface area contributed by atoms with E-state index in [1.807, 2.05) is 56.3 Å². The Morgan fingerprint density at radius 3 is 2.20 bits per heavy atom. The summed E-state index contributed by atoms with van der Waals surface area (Å²) in [6.45, 7) is 6.73. The van der Waals surface area contributed by atoms with Gasteiger partial charge >= 0.3 is 0 Å². The molecule has 0 aliphatic rings. The molecule has 2 aromatic rings. The van der Waals surface area contributed by atoms with Crippen molar-refractivity contribution in [1.29, 1.82) is 0 Å². The van der Waals surface area contributed by atoms with Gasteiger partial charge in [-0.2, -0.15) is 0 Å². The van der Waals surface area contributed by atoms with Gasteiger partial charge in [0.25, 0.3) is 0 Å². The predicted molar refractivity (Wildman–Crippen MR) is 127 cm³/mol. The van der Waals surface area contributed by atoms with Crippen LogP contribution in [-0.4, -0.2) is 35.1 Å². The summed E-state index contributed by atoms with van der Waals surface area (Å²) in [6.07, 6.45) is 0. The highest BCUT2D eigenvalue weighted by Crippen LogP contribution is 2.19. The number of thioether (sulfide) groups is 1. The minimum absolute atomic E-state index is 0.0887. The highest BCUT2D eigenvalue weighted by molar-refractivity contribution is 7.99. The SMILES string of the molecule is CC(C)CNC(=O)[C@@H](C)N(Cc1cccc(Cl)c1)C(=O)CSCc1cccc(Cl)c1. The molecule has 4 nitrogen and oxygen atoms in total. The smallest absolute Gasteiger partial charge is 0.242 e. The van der Waals surface area contributed by atoms with E-state index >= 15 is 0 Å². The molecule has 0 unspecified atom stereocenters. The van der Waals surface area contributed by atoms with E-state index in [2.05, 4.69) is 5.32 Å². The molecule has 0 aliphatic carbocycles. The van der Waals surface area contributed by atoms with Crippen LogP contribution in [0.2, 0.25) is 10.0 Å². The molecule has 0 saturated heterocycles. The number of rotatable bonds is 10. The third kappa shape index (κ3) is 8.21. The number of hydrogen-bond acceptors (Lipinski definition) is 3. The zero-order chi connectivity index (χ0) is 22.1. The van der Waals surface area contributed by atoms with Gasteiger partial charge in [-0.15, -0.1) is 11.8 Å². The minimum Gasteiger partial charge on any atom is -0.354 e. The van der Waals surface area contributed by atoms with E-state index in [1.54, 1.807) is 17.9 Å². The number of nitrogens with one attached hydrogen (secondary N) is 1. The second-order valence-electron chi connectivity index (χ2n) is 7.59. The first-order valence-corrected chi connectivity index (χ1v) is 11.8. The first kappa shape index (κ1) is 24.6. The van der Waals surface area contributed by atoms with Gasteiger partial charge in [0.1, 0.15) is 6.04 Å². The molecule has 0 spiro atoms. The summed E-state index contributed by atoms with van der Waals surface area (Å²) in [4.78, 5) is 27.3. The number of benzene rings is 2. The molecule has 0 aromatic heterocycles. The van der Waals surface area contributed by atoms with Gasteiger partial charge in [-0.05, 0) is 48.2 Å². The van der Waals surface area contributed by atoms with Crippen molar-refractivity contribution in [2.24, 2.45) is 5.92 Å². The number of amides is 2. The predicted octanol–water partition coefficient (Wildman–Crippen LogP) is 5.42. The second-order valence-corrected chi connectivity index (χ2v) is 9.45. The molecule has 1 atom stereocenters. The molecule has 1 N–H and O–H groups in total. The summed E-state index contributed by atoms with van der Waals surface area (Å²) in [7, 11) is 0. The Hall–Kier alpha value is -1.69. The molecule has 0 bridgehead atoms. The van der Waals surface area contributed by atoms with E-state index in [0.717, 1.165) is 11.1 Å². The van der Waals surface area contributed by atoms with Gasteiger partial charge in [0.2, 0.25) is 11.8 Å². The Labute approximate surface area is 193 Å². The highest BCUT2D eigenvalue weighted by Gasteiger charge is 2.26. The van der Waals surface area contributed by atoms with Crippen molar-refractivity contribution in [2.75, 3.05) is 12.3 Å². The lowest BCUT2D eigenvalue weighted by molar-refractivity contribution is -0.138. The Kier molecular flexibility index (Phi) is 10.0. The second kappa shape index (κ2) is 12.2. The first-order valence-electron chi connectivity index (χ1n) is 9.90. The van der Waals surface area contributed by atoms with Gasteiger partial charge in [0.05, 0.1) is 5.75 Å². The van der Waals surface area contributed by atoms with E-state index in [1.165, 1.54) is 11.8 Å². The molecule has 7 heteroatoms.